The topological polar surface area (TPSA) is 26.3 Å². The quantitative estimate of drug-likeness (QED) is 0.338. The second kappa shape index (κ2) is 17.6. The lowest BCUT2D eigenvalue weighted by Gasteiger charge is -2.08. The van der Waals surface area contributed by atoms with Crippen molar-refractivity contribution in [2.75, 3.05) is 0 Å². The van der Waals surface area contributed by atoms with Crippen molar-refractivity contribution in [2.24, 2.45) is 5.92 Å². The van der Waals surface area contributed by atoms with Gasteiger partial charge in [0, 0.05) is 17.9 Å². The van der Waals surface area contributed by atoms with Crippen LogP contribution in [0.2, 0.25) is 0 Å². The molecule has 0 radical (unpaired) electrons. The number of allylic oxidation sites excluding steroid dienone is 4. The number of carbonyl (C=O) groups is 1. The highest BCUT2D eigenvalue weighted by atomic mass is 16.5. The molecule has 0 aliphatic heterocycles. The molecule has 1 aromatic rings. The summed E-state index contributed by atoms with van der Waals surface area (Å²) in [7, 11) is 0. The number of rotatable bonds is 8. The fraction of sp³-hybridized carbons (Fsp3) is 0.560. The number of ether oxygens (including phenoxy) is 1. The summed E-state index contributed by atoms with van der Waals surface area (Å²) in [6.07, 6.45) is 8.27. The smallest absolute Gasteiger partial charge is 0.165 e. The van der Waals surface area contributed by atoms with Crippen molar-refractivity contribution < 1.29 is 9.53 Å². The third kappa shape index (κ3) is 13.1. The second-order valence-electron chi connectivity index (χ2n) is 6.37. The maximum atomic E-state index is 11.7. The van der Waals surface area contributed by atoms with Crippen molar-refractivity contribution in [3.8, 4) is 0 Å². The van der Waals surface area contributed by atoms with Gasteiger partial charge in [0.25, 0.3) is 0 Å². The van der Waals surface area contributed by atoms with Crippen LogP contribution >= 0.6 is 0 Å². The average Bonchev–Trinajstić information content (AvgIpc) is 2.69. The Balaban J connectivity index is 0. The van der Waals surface area contributed by atoms with Crippen molar-refractivity contribution in [2.45, 2.75) is 88.0 Å². The Bertz CT molecular complexity index is 550. The molecule has 0 aliphatic carbocycles. The van der Waals surface area contributed by atoms with E-state index in [0.29, 0.717) is 0 Å². The van der Waals surface area contributed by atoms with E-state index in [1.165, 1.54) is 5.56 Å². The molecule has 154 valence electrons. The van der Waals surface area contributed by atoms with Crippen molar-refractivity contribution >= 4 is 5.78 Å². The van der Waals surface area contributed by atoms with Gasteiger partial charge in [-0.15, -0.1) is 0 Å². The number of aryl methyl sites for hydroxylation is 1. The van der Waals surface area contributed by atoms with Gasteiger partial charge in [0.05, 0.1) is 11.5 Å². The first-order valence-corrected chi connectivity index (χ1v) is 10.5. The zero-order valence-corrected chi connectivity index (χ0v) is 19.2. The molecule has 1 unspecified atom stereocenters. The Morgan fingerprint density at radius 2 is 1.67 bits per heavy atom. The molecule has 2 nitrogen and oxygen atoms in total. The normalized spacial score (nSPS) is 12.2. The van der Waals surface area contributed by atoms with Crippen LogP contribution in [-0.2, 0) is 4.74 Å². The van der Waals surface area contributed by atoms with Gasteiger partial charge in [-0.1, -0.05) is 71.4 Å². The second-order valence-corrected chi connectivity index (χ2v) is 6.37. The lowest BCUT2D eigenvalue weighted by atomic mass is 9.97. The summed E-state index contributed by atoms with van der Waals surface area (Å²) in [5, 5.41) is 0. The van der Waals surface area contributed by atoms with E-state index in [2.05, 4.69) is 19.9 Å². The predicted molar refractivity (Wildman–Crippen MR) is 120 cm³/mol. The molecule has 1 atom stereocenters. The molecule has 0 N–H and O–H groups in total. The van der Waals surface area contributed by atoms with E-state index in [0.717, 1.165) is 42.8 Å². The van der Waals surface area contributed by atoms with E-state index >= 15 is 0 Å². The third-order valence-electron chi connectivity index (χ3n) is 4.02. The Morgan fingerprint density at radius 3 is 2.07 bits per heavy atom. The van der Waals surface area contributed by atoms with Gasteiger partial charge in [-0.05, 0) is 52.2 Å². The van der Waals surface area contributed by atoms with E-state index in [-0.39, 0.29) is 11.7 Å². The predicted octanol–water partition coefficient (Wildman–Crippen LogP) is 8.27. The number of hydrogen-bond donors (Lipinski definition) is 0. The minimum Gasteiger partial charge on any atom is -0.467 e. The van der Waals surface area contributed by atoms with Gasteiger partial charge >= 0.3 is 0 Å². The van der Waals surface area contributed by atoms with E-state index in [4.69, 9.17) is 4.74 Å². The first-order valence-electron chi connectivity index (χ1n) is 10.5. The summed E-state index contributed by atoms with van der Waals surface area (Å²) >= 11 is 0. The monoisotopic (exact) mass is 374 g/mol. The minimum absolute atomic E-state index is 0.141. The standard InChI is InChI=1S/C12H16O.C11H20O.C2H6/c1-4-10(3)12(13)11-7-5-9(2)6-8-11;1-5-8-11(9-6-2)12-10(4)7-3;1-2/h5-8,10H,4H2,1-3H3;7-8H,5-6,9H2,1-4H3;1-2H3/b;10-7-,11-8+;. The zero-order chi connectivity index (χ0) is 21.2. The molecule has 0 spiro atoms. The maximum Gasteiger partial charge on any atom is 0.165 e. The maximum absolute atomic E-state index is 11.7. The number of benzene rings is 1. The molecule has 0 saturated heterocycles. The van der Waals surface area contributed by atoms with Crippen molar-refractivity contribution in [3.05, 3.63) is 59.1 Å². The summed E-state index contributed by atoms with van der Waals surface area (Å²) in [6.45, 7) is 18.3. The summed E-state index contributed by atoms with van der Waals surface area (Å²) < 4.78 is 5.60. The number of carbonyl (C=O) groups excluding carboxylic acids is 1. The van der Waals surface area contributed by atoms with E-state index in [1.54, 1.807) is 0 Å². The van der Waals surface area contributed by atoms with Crippen LogP contribution in [0.4, 0.5) is 0 Å². The van der Waals surface area contributed by atoms with Crippen LogP contribution in [0.1, 0.15) is 97.0 Å². The molecule has 0 saturated carbocycles. The van der Waals surface area contributed by atoms with Crippen molar-refractivity contribution in [3.63, 3.8) is 0 Å². The Kier molecular flexibility index (Phi) is 17.8. The molecular weight excluding hydrogens is 332 g/mol. The van der Waals surface area contributed by atoms with Crippen LogP contribution in [-0.4, -0.2) is 5.78 Å². The lowest BCUT2D eigenvalue weighted by molar-refractivity contribution is 0.0927. The van der Waals surface area contributed by atoms with Crippen molar-refractivity contribution in [1.29, 1.82) is 0 Å². The van der Waals surface area contributed by atoms with Gasteiger partial charge in [-0.25, -0.2) is 0 Å². The minimum atomic E-state index is 0.141. The van der Waals surface area contributed by atoms with Crippen LogP contribution in [0.3, 0.4) is 0 Å². The van der Waals surface area contributed by atoms with Gasteiger partial charge in [0.15, 0.2) is 5.78 Å². The largest absolute Gasteiger partial charge is 0.467 e. The molecule has 1 aromatic carbocycles. The molecule has 0 bridgehead atoms. The van der Waals surface area contributed by atoms with Crippen LogP contribution in [0.5, 0.6) is 0 Å². The number of Topliss-reactive ketones (excluding diaryl/α,β-unsaturated/α-hetero) is 1. The van der Waals surface area contributed by atoms with Crippen LogP contribution in [0.25, 0.3) is 0 Å². The molecule has 0 aliphatic rings. The van der Waals surface area contributed by atoms with Crippen LogP contribution < -0.4 is 0 Å². The molecule has 0 aromatic heterocycles. The summed E-state index contributed by atoms with van der Waals surface area (Å²) in [5.41, 5.74) is 2.03. The summed E-state index contributed by atoms with van der Waals surface area (Å²) in [6, 6.07) is 7.78. The fourth-order valence-electron chi connectivity index (χ4n) is 2.12. The van der Waals surface area contributed by atoms with Gasteiger partial charge in [0.1, 0.15) is 0 Å². The highest BCUT2D eigenvalue weighted by molar-refractivity contribution is 5.97. The van der Waals surface area contributed by atoms with E-state index in [9.17, 15) is 4.79 Å². The van der Waals surface area contributed by atoms with E-state index < -0.39 is 0 Å². The van der Waals surface area contributed by atoms with Crippen LogP contribution in [0.15, 0.2) is 47.9 Å². The highest BCUT2D eigenvalue weighted by Crippen LogP contribution is 2.13. The fourth-order valence-corrected chi connectivity index (χ4v) is 2.12. The Hall–Kier alpha value is -1.83. The molecule has 0 heterocycles. The molecule has 27 heavy (non-hydrogen) atoms. The number of ketones is 1. The number of hydrogen-bond acceptors (Lipinski definition) is 2. The first-order chi connectivity index (χ1) is 12.9. The van der Waals surface area contributed by atoms with E-state index in [1.807, 2.05) is 78.8 Å². The molecule has 0 fully saturated rings. The van der Waals surface area contributed by atoms with Gasteiger partial charge in [-0.3, -0.25) is 4.79 Å². The van der Waals surface area contributed by atoms with Crippen molar-refractivity contribution in [1.82, 2.24) is 0 Å². The molecule has 2 heteroatoms. The lowest BCUT2D eigenvalue weighted by Crippen LogP contribution is -2.09. The van der Waals surface area contributed by atoms with Gasteiger partial charge in [-0.2, -0.15) is 0 Å². The molecule has 1 rings (SSSR count). The zero-order valence-electron chi connectivity index (χ0n) is 19.2. The molecular formula is C25H42O2. The Labute approximate surface area is 168 Å². The summed E-state index contributed by atoms with van der Waals surface area (Å²) in [5.74, 6) is 2.49. The first kappa shape index (κ1) is 27.4. The SMILES string of the molecule is C/C=C(/C)O/C(=C/CC)CCC.CC.CCC(C)C(=O)c1ccc(C)cc1. The Morgan fingerprint density at radius 1 is 1.11 bits per heavy atom. The summed E-state index contributed by atoms with van der Waals surface area (Å²) in [4.78, 5) is 11.7. The molecule has 0 amide bonds. The van der Waals surface area contributed by atoms with Crippen LogP contribution in [0, 0.1) is 12.8 Å². The van der Waals surface area contributed by atoms with Gasteiger partial charge < -0.3 is 4.74 Å². The highest BCUT2D eigenvalue weighted by Gasteiger charge is 2.12. The van der Waals surface area contributed by atoms with Gasteiger partial charge in [0.2, 0.25) is 0 Å². The average molecular weight is 375 g/mol. The third-order valence-corrected chi connectivity index (χ3v) is 4.02.